The van der Waals surface area contributed by atoms with Gasteiger partial charge >= 0.3 is 0 Å². The molecule has 0 spiro atoms. The van der Waals surface area contributed by atoms with Crippen LogP contribution in [0, 0.1) is 11.3 Å². The molecule has 0 unspecified atom stereocenters. The van der Waals surface area contributed by atoms with E-state index in [0.29, 0.717) is 5.02 Å². The summed E-state index contributed by atoms with van der Waals surface area (Å²) in [6, 6.07) is 15.8. The third kappa shape index (κ3) is 3.16. The van der Waals surface area contributed by atoms with Crippen molar-refractivity contribution < 1.29 is 0 Å². The Morgan fingerprint density at radius 2 is 1.77 bits per heavy atom. The topological polar surface area (TPSA) is 56.1 Å². The van der Waals surface area contributed by atoms with Gasteiger partial charge in [-0.2, -0.15) is 5.26 Å². The minimum absolute atomic E-state index is 0.678. The smallest absolute Gasteiger partial charge is 0.139 e. The lowest BCUT2D eigenvalue weighted by Crippen LogP contribution is -2.31. The van der Waals surface area contributed by atoms with Gasteiger partial charge in [-0.15, -0.1) is 0 Å². The van der Waals surface area contributed by atoms with Gasteiger partial charge in [0.15, 0.2) is 0 Å². The summed E-state index contributed by atoms with van der Waals surface area (Å²) in [7, 11) is 0. The van der Waals surface area contributed by atoms with E-state index in [1.807, 2.05) is 42.5 Å². The zero-order valence-electron chi connectivity index (χ0n) is 14.3. The maximum absolute atomic E-state index is 9.38. The lowest BCUT2D eigenvalue weighted by molar-refractivity contribution is 0.799. The third-order valence-corrected chi connectivity index (χ3v) is 4.97. The van der Waals surface area contributed by atoms with Gasteiger partial charge in [-0.25, -0.2) is 9.97 Å². The molecule has 26 heavy (non-hydrogen) atoms. The third-order valence-electron chi connectivity index (χ3n) is 4.74. The number of nitriles is 1. The summed E-state index contributed by atoms with van der Waals surface area (Å²) in [5, 5.41) is 11.1. The summed E-state index contributed by atoms with van der Waals surface area (Å²) >= 11 is 6.09. The van der Waals surface area contributed by atoms with Crippen LogP contribution in [0.1, 0.15) is 12.0 Å². The number of rotatable bonds is 2. The Hall–Kier alpha value is -2.84. The van der Waals surface area contributed by atoms with Crippen molar-refractivity contribution in [2.24, 2.45) is 0 Å². The predicted octanol–water partition coefficient (Wildman–Crippen LogP) is 3.87. The van der Waals surface area contributed by atoms with Crippen LogP contribution in [-0.4, -0.2) is 36.1 Å². The highest BCUT2D eigenvalue weighted by atomic mass is 35.5. The van der Waals surface area contributed by atoms with E-state index in [4.69, 9.17) is 11.6 Å². The minimum atomic E-state index is 0.678. The van der Waals surface area contributed by atoms with Gasteiger partial charge in [-0.1, -0.05) is 23.7 Å². The van der Waals surface area contributed by atoms with Crippen LogP contribution in [0.25, 0.3) is 10.9 Å². The highest BCUT2D eigenvalue weighted by molar-refractivity contribution is 6.31. The van der Waals surface area contributed by atoms with Gasteiger partial charge < -0.3 is 9.80 Å². The monoisotopic (exact) mass is 363 g/mol. The Morgan fingerprint density at radius 3 is 2.65 bits per heavy atom. The predicted molar refractivity (Wildman–Crippen MR) is 105 cm³/mol. The molecule has 1 fully saturated rings. The fraction of sp³-hybridized carbons (Fsp3) is 0.250. The van der Waals surface area contributed by atoms with Crippen molar-refractivity contribution in [2.75, 3.05) is 36.0 Å². The van der Waals surface area contributed by atoms with E-state index in [9.17, 15) is 5.26 Å². The maximum Gasteiger partial charge on any atom is 0.139 e. The fourth-order valence-corrected chi connectivity index (χ4v) is 3.65. The Labute approximate surface area is 157 Å². The zero-order valence-corrected chi connectivity index (χ0v) is 15.0. The van der Waals surface area contributed by atoms with E-state index >= 15 is 0 Å². The van der Waals surface area contributed by atoms with E-state index < -0.39 is 0 Å². The maximum atomic E-state index is 9.38. The van der Waals surface area contributed by atoms with Crippen molar-refractivity contribution in [3.8, 4) is 6.07 Å². The number of fused-ring (bicyclic) bond motifs is 1. The van der Waals surface area contributed by atoms with E-state index in [1.165, 1.54) is 0 Å². The Kier molecular flexibility index (Phi) is 4.59. The van der Waals surface area contributed by atoms with Gasteiger partial charge in [0, 0.05) is 36.6 Å². The molecule has 1 aliphatic heterocycles. The van der Waals surface area contributed by atoms with Crippen LogP contribution in [0.5, 0.6) is 0 Å². The van der Waals surface area contributed by atoms with Crippen LogP contribution in [0.15, 0.2) is 48.8 Å². The standard InChI is InChI=1S/C20H18ClN5/c21-16-6-7-17-18(12-16)23-14-24-20(17)26-9-3-8-25(10-11-26)19-5-2-1-4-15(19)13-22/h1-2,4-7,12,14H,3,8-11H2. The lowest BCUT2D eigenvalue weighted by Gasteiger charge is -2.25. The number of hydrogen-bond acceptors (Lipinski definition) is 5. The largest absolute Gasteiger partial charge is 0.369 e. The SMILES string of the molecule is N#Cc1ccccc1N1CCCN(c2ncnc3cc(Cl)ccc23)CC1. The summed E-state index contributed by atoms with van der Waals surface area (Å²) in [5.41, 5.74) is 2.60. The zero-order chi connectivity index (χ0) is 17.9. The van der Waals surface area contributed by atoms with E-state index in [0.717, 1.165) is 60.6 Å². The minimum Gasteiger partial charge on any atom is -0.369 e. The van der Waals surface area contributed by atoms with E-state index in [2.05, 4.69) is 25.8 Å². The van der Waals surface area contributed by atoms with Gasteiger partial charge in [0.2, 0.25) is 0 Å². The lowest BCUT2D eigenvalue weighted by atomic mass is 10.1. The molecule has 0 atom stereocenters. The second-order valence-electron chi connectivity index (χ2n) is 6.32. The molecule has 130 valence electrons. The first-order valence-electron chi connectivity index (χ1n) is 8.65. The molecule has 0 N–H and O–H groups in total. The van der Waals surface area contributed by atoms with Crippen LogP contribution in [0.2, 0.25) is 5.02 Å². The highest BCUT2D eigenvalue weighted by Crippen LogP contribution is 2.27. The molecule has 0 aliphatic carbocycles. The van der Waals surface area contributed by atoms with Gasteiger partial charge in [-0.05, 0) is 36.8 Å². The molecule has 0 radical (unpaired) electrons. The summed E-state index contributed by atoms with van der Waals surface area (Å²) in [6.45, 7) is 3.52. The van der Waals surface area contributed by atoms with Crippen molar-refractivity contribution in [2.45, 2.75) is 6.42 Å². The quantitative estimate of drug-likeness (QED) is 0.691. The molecule has 0 saturated carbocycles. The highest BCUT2D eigenvalue weighted by Gasteiger charge is 2.19. The summed E-state index contributed by atoms with van der Waals surface area (Å²) in [5.74, 6) is 0.946. The van der Waals surface area contributed by atoms with Crippen LogP contribution in [0.4, 0.5) is 11.5 Å². The van der Waals surface area contributed by atoms with Gasteiger partial charge in [-0.3, -0.25) is 0 Å². The molecule has 5 nitrogen and oxygen atoms in total. The first kappa shape index (κ1) is 16.6. The van der Waals surface area contributed by atoms with Crippen molar-refractivity contribution in [1.29, 1.82) is 5.26 Å². The first-order chi connectivity index (χ1) is 12.8. The summed E-state index contributed by atoms with van der Waals surface area (Å²) < 4.78 is 0. The van der Waals surface area contributed by atoms with Crippen LogP contribution >= 0.6 is 11.6 Å². The van der Waals surface area contributed by atoms with Gasteiger partial charge in [0.25, 0.3) is 0 Å². The van der Waals surface area contributed by atoms with Gasteiger partial charge in [0.05, 0.1) is 16.8 Å². The van der Waals surface area contributed by atoms with Crippen LogP contribution in [-0.2, 0) is 0 Å². The number of aromatic nitrogens is 2. The van der Waals surface area contributed by atoms with Crippen LogP contribution in [0.3, 0.4) is 0 Å². The van der Waals surface area contributed by atoms with Crippen LogP contribution < -0.4 is 9.80 Å². The molecule has 0 amide bonds. The van der Waals surface area contributed by atoms with Crippen molar-refractivity contribution >= 4 is 34.0 Å². The number of halogens is 1. The molecule has 2 aromatic carbocycles. The molecule has 3 aromatic rings. The van der Waals surface area contributed by atoms with E-state index in [-0.39, 0.29) is 0 Å². The number of anilines is 2. The summed E-state index contributed by atoms with van der Waals surface area (Å²) in [4.78, 5) is 13.5. The van der Waals surface area contributed by atoms with Gasteiger partial charge in [0.1, 0.15) is 18.2 Å². The number of benzene rings is 2. The first-order valence-corrected chi connectivity index (χ1v) is 9.03. The average Bonchev–Trinajstić information content (AvgIpc) is 2.93. The summed E-state index contributed by atoms with van der Waals surface area (Å²) in [6.07, 6.45) is 2.60. The molecule has 2 heterocycles. The van der Waals surface area contributed by atoms with E-state index in [1.54, 1.807) is 6.33 Å². The number of para-hydroxylation sites is 1. The molecule has 0 bridgehead atoms. The average molecular weight is 364 g/mol. The molecule has 1 saturated heterocycles. The molecule has 6 heteroatoms. The Bertz CT molecular complexity index is 981. The normalized spacial score (nSPS) is 14.9. The van der Waals surface area contributed by atoms with Crippen molar-refractivity contribution in [1.82, 2.24) is 9.97 Å². The molecular weight excluding hydrogens is 346 g/mol. The number of nitrogens with zero attached hydrogens (tertiary/aromatic N) is 5. The fourth-order valence-electron chi connectivity index (χ4n) is 3.48. The second kappa shape index (κ2) is 7.19. The van der Waals surface area contributed by atoms with Crippen molar-refractivity contribution in [3.63, 3.8) is 0 Å². The second-order valence-corrected chi connectivity index (χ2v) is 6.75. The molecule has 1 aliphatic rings. The molecular formula is C20H18ClN5. The Morgan fingerprint density at radius 1 is 0.962 bits per heavy atom. The Balaban J connectivity index is 1.61. The number of hydrogen-bond donors (Lipinski definition) is 0. The molecule has 4 rings (SSSR count). The van der Waals surface area contributed by atoms with Crippen molar-refractivity contribution in [3.05, 3.63) is 59.4 Å². The molecule has 1 aromatic heterocycles.